The number of aryl methyl sites for hydroxylation is 1. The van der Waals surface area contributed by atoms with Crippen molar-refractivity contribution in [3.05, 3.63) is 65.2 Å². The molecule has 2 N–H and O–H groups in total. The second-order valence-electron chi connectivity index (χ2n) is 5.15. The lowest BCUT2D eigenvalue weighted by molar-refractivity contribution is 0.558. The first kappa shape index (κ1) is 15.4. The van der Waals surface area contributed by atoms with Gasteiger partial charge in [0.2, 0.25) is 0 Å². The van der Waals surface area contributed by atoms with Gasteiger partial charge >= 0.3 is 0 Å². The molecule has 1 unspecified atom stereocenters. The fraction of sp³-hybridized carbons (Fsp3) is 0.294. The summed E-state index contributed by atoms with van der Waals surface area (Å²) in [6.07, 6.45) is 0. The normalized spacial score (nSPS) is 12.2. The van der Waals surface area contributed by atoms with Crippen molar-refractivity contribution in [3.8, 4) is 0 Å². The Labute approximate surface area is 124 Å². The van der Waals surface area contributed by atoms with Crippen molar-refractivity contribution >= 4 is 5.69 Å². The lowest BCUT2D eigenvalue weighted by Gasteiger charge is -2.27. The smallest absolute Gasteiger partial charge is 0.128 e. The van der Waals surface area contributed by atoms with Crippen LogP contribution in [0.1, 0.15) is 24.1 Å². The number of rotatable bonds is 5. The Hall–Kier alpha value is -1.94. The van der Waals surface area contributed by atoms with Crippen LogP contribution in [0.15, 0.2) is 42.5 Å². The minimum atomic E-state index is -0.582. The summed E-state index contributed by atoms with van der Waals surface area (Å²) in [5.41, 5.74) is 8.47. The first-order valence-corrected chi connectivity index (χ1v) is 7.03. The molecule has 0 spiro atoms. The molecule has 1 atom stereocenters. The zero-order valence-corrected chi connectivity index (χ0v) is 12.3. The second-order valence-corrected chi connectivity index (χ2v) is 5.15. The van der Waals surface area contributed by atoms with E-state index in [4.69, 9.17) is 5.73 Å². The van der Waals surface area contributed by atoms with Crippen molar-refractivity contribution in [1.82, 2.24) is 0 Å². The number of nitrogens with zero attached hydrogens (tertiary/aromatic N) is 1. The predicted octanol–water partition coefficient (Wildman–Crippen LogP) is 3.80. The number of likely N-dealkylation sites (N-methyl/N-ethyl adjacent to an activating group) is 1. The fourth-order valence-corrected chi connectivity index (χ4v) is 2.31. The highest BCUT2D eigenvalue weighted by atomic mass is 19.1. The first-order valence-electron chi connectivity index (χ1n) is 7.03. The van der Waals surface area contributed by atoms with E-state index in [1.807, 2.05) is 38.1 Å². The molecule has 2 aromatic rings. The van der Waals surface area contributed by atoms with Crippen molar-refractivity contribution in [2.24, 2.45) is 5.73 Å². The van der Waals surface area contributed by atoms with Gasteiger partial charge in [0.15, 0.2) is 0 Å². The minimum absolute atomic E-state index is 0.209. The van der Waals surface area contributed by atoms with E-state index in [0.29, 0.717) is 6.54 Å². The highest BCUT2D eigenvalue weighted by molar-refractivity contribution is 5.47. The Morgan fingerprint density at radius 2 is 1.76 bits per heavy atom. The Balaban J connectivity index is 2.17. The number of hydrogen-bond acceptors (Lipinski definition) is 2. The molecule has 0 aliphatic carbocycles. The van der Waals surface area contributed by atoms with Crippen molar-refractivity contribution in [2.75, 3.05) is 18.0 Å². The van der Waals surface area contributed by atoms with E-state index in [0.717, 1.165) is 24.4 Å². The second kappa shape index (κ2) is 6.68. The Morgan fingerprint density at radius 3 is 2.38 bits per heavy atom. The number of hydrogen-bond donors (Lipinski definition) is 1. The molecule has 0 fully saturated rings. The van der Waals surface area contributed by atoms with Crippen LogP contribution in [-0.4, -0.2) is 13.1 Å². The molecule has 21 heavy (non-hydrogen) atoms. The molecule has 2 aromatic carbocycles. The van der Waals surface area contributed by atoms with Gasteiger partial charge in [-0.05, 0) is 44.2 Å². The molecule has 0 aliphatic heterocycles. The Bertz CT molecular complexity index is 596. The lowest BCUT2D eigenvalue weighted by Crippen LogP contribution is -2.32. The van der Waals surface area contributed by atoms with Crippen LogP contribution in [0.25, 0.3) is 0 Å². The SMILES string of the molecule is CCN(CC(N)c1cc(F)ccc1F)c1ccc(C)cc1. The van der Waals surface area contributed by atoms with Crippen molar-refractivity contribution < 1.29 is 8.78 Å². The topological polar surface area (TPSA) is 29.3 Å². The van der Waals surface area contributed by atoms with Gasteiger partial charge in [0.1, 0.15) is 11.6 Å². The maximum atomic E-state index is 13.8. The van der Waals surface area contributed by atoms with Gasteiger partial charge in [-0.15, -0.1) is 0 Å². The van der Waals surface area contributed by atoms with E-state index < -0.39 is 17.7 Å². The van der Waals surface area contributed by atoms with Crippen molar-refractivity contribution in [2.45, 2.75) is 19.9 Å². The molecular formula is C17H20F2N2. The molecule has 0 aromatic heterocycles. The molecule has 0 radical (unpaired) electrons. The highest BCUT2D eigenvalue weighted by Crippen LogP contribution is 2.21. The average molecular weight is 290 g/mol. The van der Waals surface area contributed by atoms with Crippen molar-refractivity contribution in [3.63, 3.8) is 0 Å². The highest BCUT2D eigenvalue weighted by Gasteiger charge is 2.16. The summed E-state index contributed by atoms with van der Waals surface area (Å²) >= 11 is 0. The van der Waals surface area contributed by atoms with Crippen LogP contribution in [0, 0.1) is 18.6 Å². The summed E-state index contributed by atoms with van der Waals surface area (Å²) in [5, 5.41) is 0. The number of benzene rings is 2. The Kier molecular flexibility index (Phi) is 4.91. The summed E-state index contributed by atoms with van der Waals surface area (Å²) in [6.45, 7) is 5.20. The average Bonchev–Trinajstić information content (AvgIpc) is 2.48. The molecule has 2 nitrogen and oxygen atoms in total. The molecule has 0 bridgehead atoms. The van der Waals surface area contributed by atoms with Gasteiger partial charge < -0.3 is 10.6 Å². The number of anilines is 1. The third-order valence-electron chi connectivity index (χ3n) is 3.56. The van der Waals surface area contributed by atoms with Crippen molar-refractivity contribution in [1.29, 1.82) is 0 Å². The van der Waals surface area contributed by atoms with Crippen LogP contribution in [0.3, 0.4) is 0 Å². The van der Waals surface area contributed by atoms with Gasteiger partial charge in [-0.3, -0.25) is 0 Å². The van der Waals surface area contributed by atoms with E-state index >= 15 is 0 Å². The van der Waals surface area contributed by atoms with E-state index in [1.165, 1.54) is 11.6 Å². The summed E-state index contributed by atoms with van der Waals surface area (Å²) in [5.74, 6) is -0.941. The molecule has 0 amide bonds. The Morgan fingerprint density at radius 1 is 1.10 bits per heavy atom. The summed E-state index contributed by atoms with van der Waals surface area (Å²) in [6, 6.07) is 10.9. The zero-order chi connectivity index (χ0) is 15.4. The molecule has 0 saturated heterocycles. The predicted molar refractivity (Wildman–Crippen MR) is 82.4 cm³/mol. The van der Waals surface area contributed by atoms with E-state index in [-0.39, 0.29) is 5.56 Å². The van der Waals surface area contributed by atoms with Gasteiger partial charge in [0, 0.05) is 24.3 Å². The molecule has 0 heterocycles. The van der Waals surface area contributed by atoms with Gasteiger partial charge in [0.25, 0.3) is 0 Å². The van der Waals surface area contributed by atoms with Gasteiger partial charge in [-0.2, -0.15) is 0 Å². The number of halogens is 2. The van der Waals surface area contributed by atoms with Gasteiger partial charge in [-0.25, -0.2) is 8.78 Å². The largest absolute Gasteiger partial charge is 0.370 e. The third kappa shape index (κ3) is 3.79. The molecule has 4 heteroatoms. The van der Waals surface area contributed by atoms with E-state index in [2.05, 4.69) is 4.90 Å². The van der Waals surface area contributed by atoms with Crippen LogP contribution in [-0.2, 0) is 0 Å². The molecule has 0 aliphatic rings. The number of nitrogens with two attached hydrogens (primary N) is 1. The van der Waals surface area contributed by atoms with Crippen LogP contribution in [0.5, 0.6) is 0 Å². The standard InChI is InChI=1S/C17H20F2N2/c1-3-21(14-7-4-12(2)5-8-14)11-17(20)15-10-13(18)6-9-16(15)19/h4-10,17H,3,11,20H2,1-2H3. The minimum Gasteiger partial charge on any atom is -0.370 e. The van der Waals surface area contributed by atoms with E-state index in [1.54, 1.807) is 0 Å². The fourth-order valence-electron chi connectivity index (χ4n) is 2.31. The lowest BCUT2D eigenvalue weighted by atomic mass is 10.1. The first-order chi connectivity index (χ1) is 10.0. The summed E-state index contributed by atoms with van der Waals surface area (Å²) in [4.78, 5) is 2.05. The molecule has 0 saturated carbocycles. The van der Waals surface area contributed by atoms with Gasteiger partial charge in [0.05, 0.1) is 6.04 Å². The zero-order valence-electron chi connectivity index (χ0n) is 12.3. The van der Waals surface area contributed by atoms with E-state index in [9.17, 15) is 8.78 Å². The molecule has 112 valence electrons. The third-order valence-corrected chi connectivity index (χ3v) is 3.56. The van der Waals surface area contributed by atoms with Crippen LogP contribution >= 0.6 is 0 Å². The quantitative estimate of drug-likeness (QED) is 0.907. The van der Waals surface area contributed by atoms with Crippen LogP contribution < -0.4 is 10.6 Å². The maximum absolute atomic E-state index is 13.8. The summed E-state index contributed by atoms with van der Waals surface area (Å²) < 4.78 is 27.0. The maximum Gasteiger partial charge on any atom is 0.128 e. The van der Waals surface area contributed by atoms with Crippen LogP contribution in [0.4, 0.5) is 14.5 Å². The monoisotopic (exact) mass is 290 g/mol. The molecular weight excluding hydrogens is 270 g/mol. The van der Waals surface area contributed by atoms with Gasteiger partial charge in [-0.1, -0.05) is 17.7 Å². The molecule has 2 rings (SSSR count). The summed E-state index contributed by atoms with van der Waals surface area (Å²) in [7, 11) is 0. The van der Waals surface area contributed by atoms with Crippen LogP contribution in [0.2, 0.25) is 0 Å².